The van der Waals surface area contributed by atoms with Crippen LogP contribution in [-0.2, 0) is 0 Å². The molecule has 1 atom stereocenters. The van der Waals surface area contributed by atoms with Gasteiger partial charge in [-0.3, -0.25) is 0 Å². The zero-order valence-electron chi connectivity index (χ0n) is 10.3. The first kappa shape index (κ1) is 12.6. The summed E-state index contributed by atoms with van der Waals surface area (Å²) in [5.74, 6) is 1.02. The maximum absolute atomic E-state index is 11.3. The largest absolute Gasteiger partial charge is 0.396 e. The van der Waals surface area contributed by atoms with E-state index in [1.807, 2.05) is 0 Å². The highest BCUT2D eigenvalue weighted by Crippen LogP contribution is 2.09. The van der Waals surface area contributed by atoms with Gasteiger partial charge in [0, 0.05) is 13.2 Å². The smallest absolute Gasteiger partial charge is 0.364 e. The standard InChI is InChI=1S/C11H17N5O2/c1-2-8(5-6-17)7-12-9-3-4-10-13-14-11(18)16(10)15-9/h3-4,8,17H,2,5-7H2,1H3,(H,12,15)(H,14,18). The predicted molar refractivity (Wildman–Crippen MR) is 67.6 cm³/mol. The summed E-state index contributed by atoms with van der Waals surface area (Å²) in [4.78, 5) is 11.3. The van der Waals surface area contributed by atoms with Crippen molar-refractivity contribution in [2.24, 2.45) is 5.92 Å². The average molecular weight is 251 g/mol. The van der Waals surface area contributed by atoms with Gasteiger partial charge in [-0.1, -0.05) is 13.3 Å². The summed E-state index contributed by atoms with van der Waals surface area (Å²) >= 11 is 0. The number of aliphatic hydroxyl groups excluding tert-OH is 1. The molecule has 0 spiro atoms. The van der Waals surface area contributed by atoms with Gasteiger partial charge in [0.1, 0.15) is 5.82 Å². The van der Waals surface area contributed by atoms with Crippen LogP contribution >= 0.6 is 0 Å². The molecule has 0 aliphatic rings. The number of anilines is 1. The molecule has 7 heteroatoms. The van der Waals surface area contributed by atoms with E-state index in [1.54, 1.807) is 12.1 Å². The Morgan fingerprint density at radius 2 is 2.39 bits per heavy atom. The normalized spacial score (nSPS) is 12.8. The number of nitrogens with one attached hydrogen (secondary N) is 2. The van der Waals surface area contributed by atoms with Crippen molar-refractivity contribution in [3.8, 4) is 0 Å². The summed E-state index contributed by atoms with van der Waals surface area (Å²) in [6, 6.07) is 3.50. The molecule has 0 aliphatic heterocycles. The number of H-pyrrole nitrogens is 1. The van der Waals surface area contributed by atoms with Gasteiger partial charge >= 0.3 is 5.69 Å². The van der Waals surface area contributed by atoms with Crippen LogP contribution in [0.3, 0.4) is 0 Å². The van der Waals surface area contributed by atoms with Crippen LogP contribution in [-0.4, -0.2) is 38.1 Å². The highest BCUT2D eigenvalue weighted by Gasteiger charge is 2.07. The summed E-state index contributed by atoms with van der Waals surface area (Å²) in [7, 11) is 0. The van der Waals surface area contributed by atoms with E-state index >= 15 is 0 Å². The lowest BCUT2D eigenvalue weighted by atomic mass is 10.0. The topological polar surface area (TPSA) is 95.3 Å². The zero-order valence-corrected chi connectivity index (χ0v) is 10.3. The monoisotopic (exact) mass is 251 g/mol. The third-order valence-electron chi connectivity index (χ3n) is 2.96. The molecule has 0 saturated carbocycles. The molecule has 2 aromatic heterocycles. The van der Waals surface area contributed by atoms with Crippen LogP contribution in [0.2, 0.25) is 0 Å². The Morgan fingerprint density at radius 3 is 3.11 bits per heavy atom. The molecule has 18 heavy (non-hydrogen) atoms. The number of aliphatic hydroxyl groups is 1. The molecule has 2 aromatic rings. The van der Waals surface area contributed by atoms with Gasteiger partial charge in [0.15, 0.2) is 5.65 Å². The van der Waals surface area contributed by atoms with Crippen molar-refractivity contribution in [2.45, 2.75) is 19.8 Å². The molecule has 2 rings (SSSR count). The van der Waals surface area contributed by atoms with Crippen molar-refractivity contribution in [1.82, 2.24) is 19.8 Å². The first-order chi connectivity index (χ1) is 8.74. The van der Waals surface area contributed by atoms with Gasteiger partial charge in [-0.05, 0) is 24.5 Å². The molecule has 0 aromatic carbocycles. The number of fused-ring (bicyclic) bond motifs is 1. The second-order valence-electron chi connectivity index (χ2n) is 4.18. The maximum atomic E-state index is 11.3. The molecule has 3 N–H and O–H groups in total. The fraction of sp³-hybridized carbons (Fsp3) is 0.545. The van der Waals surface area contributed by atoms with E-state index in [1.165, 1.54) is 4.52 Å². The Hall–Kier alpha value is -1.89. The lowest BCUT2D eigenvalue weighted by molar-refractivity contribution is 0.258. The van der Waals surface area contributed by atoms with Gasteiger partial charge in [0.05, 0.1) is 0 Å². The average Bonchev–Trinajstić information content (AvgIpc) is 2.76. The van der Waals surface area contributed by atoms with Gasteiger partial charge in [0.2, 0.25) is 0 Å². The van der Waals surface area contributed by atoms with Crippen molar-refractivity contribution in [3.05, 3.63) is 22.6 Å². The lowest BCUT2D eigenvalue weighted by Crippen LogP contribution is -2.18. The van der Waals surface area contributed by atoms with Crippen molar-refractivity contribution < 1.29 is 5.11 Å². The van der Waals surface area contributed by atoms with Crippen LogP contribution in [0, 0.1) is 5.92 Å². The van der Waals surface area contributed by atoms with E-state index in [9.17, 15) is 4.79 Å². The Bertz CT molecular complexity index is 562. The summed E-state index contributed by atoms with van der Waals surface area (Å²) in [5, 5.41) is 22.4. The van der Waals surface area contributed by atoms with E-state index in [2.05, 4.69) is 27.5 Å². The SMILES string of the molecule is CCC(CCO)CNc1ccc2n[nH]c(=O)n2n1. The van der Waals surface area contributed by atoms with Crippen LogP contribution in [0.1, 0.15) is 19.8 Å². The molecular weight excluding hydrogens is 234 g/mol. The molecule has 0 radical (unpaired) electrons. The first-order valence-corrected chi connectivity index (χ1v) is 6.03. The Balaban J connectivity index is 2.07. The molecule has 0 fully saturated rings. The number of hydrogen-bond acceptors (Lipinski definition) is 5. The maximum Gasteiger partial charge on any atom is 0.364 e. The van der Waals surface area contributed by atoms with E-state index in [0.29, 0.717) is 17.4 Å². The number of aromatic nitrogens is 4. The minimum Gasteiger partial charge on any atom is -0.396 e. The summed E-state index contributed by atoms with van der Waals surface area (Å²) in [5.41, 5.74) is 0.143. The second kappa shape index (κ2) is 5.63. The van der Waals surface area contributed by atoms with E-state index in [0.717, 1.165) is 19.4 Å². The third kappa shape index (κ3) is 2.67. The Kier molecular flexibility index (Phi) is 3.93. The van der Waals surface area contributed by atoms with Gasteiger partial charge in [-0.2, -0.15) is 9.61 Å². The molecule has 0 amide bonds. The zero-order chi connectivity index (χ0) is 13.0. The van der Waals surface area contributed by atoms with Gasteiger partial charge in [0.25, 0.3) is 0 Å². The van der Waals surface area contributed by atoms with Crippen LogP contribution in [0.15, 0.2) is 16.9 Å². The molecule has 0 bridgehead atoms. The van der Waals surface area contributed by atoms with Gasteiger partial charge in [-0.25, -0.2) is 9.89 Å². The quantitative estimate of drug-likeness (QED) is 0.683. The van der Waals surface area contributed by atoms with Crippen molar-refractivity contribution in [3.63, 3.8) is 0 Å². The van der Waals surface area contributed by atoms with Crippen LogP contribution in [0.4, 0.5) is 5.82 Å². The molecule has 1 unspecified atom stereocenters. The van der Waals surface area contributed by atoms with Gasteiger partial charge in [-0.15, -0.1) is 5.10 Å². The Labute approximate surface area is 104 Å². The highest BCUT2D eigenvalue weighted by atomic mass is 16.3. The van der Waals surface area contributed by atoms with Crippen LogP contribution in [0.5, 0.6) is 0 Å². The van der Waals surface area contributed by atoms with Crippen molar-refractivity contribution in [2.75, 3.05) is 18.5 Å². The number of aromatic amines is 1. The molecular formula is C11H17N5O2. The number of hydrogen-bond donors (Lipinski definition) is 3. The minimum absolute atomic E-state index is 0.188. The van der Waals surface area contributed by atoms with Crippen molar-refractivity contribution >= 4 is 11.5 Å². The molecule has 7 nitrogen and oxygen atoms in total. The summed E-state index contributed by atoms with van der Waals surface area (Å²) in [6.07, 6.45) is 1.75. The lowest BCUT2D eigenvalue weighted by Gasteiger charge is -2.14. The number of nitrogens with zero attached hydrogens (tertiary/aromatic N) is 3. The molecule has 98 valence electrons. The Morgan fingerprint density at radius 1 is 1.56 bits per heavy atom. The van der Waals surface area contributed by atoms with E-state index in [4.69, 9.17) is 5.11 Å². The van der Waals surface area contributed by atoms with Crippen LogP contribution in [0.25, 0.3) is 5.65 Å². The first-order valence-electron chi connectivity index (χ1n) is 6.03. The summed E-state index contributed by atoms with van der Waals surface area (Å²) in [6.45, 7) is 3.00. The number of rotatable bonds is 6. The second-order valence-corrected chi connectivity index (χ2v) is 4.18. The van der Waals surface area contributed by atoms with Gasteiger partial charge < -0.3 is 10.4 Å². The molecule has 0 aliphatic carbocycles. The third-order valence-corrected chi connectivity index (χ3v) is 2.96. The minimum atomic E-state index is -0.351. The van der Waals surface area contributed by atoms with Crippen molar-refractivity contribution in [1.29, 1.82) is 0 Å². The summed E-state index contributed by atoms with van der Waals surface area (Å²) < 4.78 is 1.22. The van der Waals surface area contributed by atoms with E-state index in [-0.39, 0.29) is 12.3 Å². The highest BCUT2D eigenvalue weighted by molar-refractivity contribution is 5.42. The molecule has 2 heterocycles. The fourth-order valence-electron chi connectivity index (χ4n) is 1.78. The molecule has 0 saturated heterocycles. The van der Waals surface area contributed by atoms with Crippen LogP contribution < -0.4 is 11.0 Å². The van der Waals surface area contributed by atoms with E-state index < -0.39 is 0 Å². The predicted octanol–water partition coefficient (Wildman–Crippen LogP) is 0.238. The fourth-order valence-corrected chi connectivity index (χ4v) is 1.78.